The monoisotopic (exact) mass is 493 g/mol. The summed E-state index contributed by atoms with van der Waals surface area (Å²) in [6.07, 6.45) is 0.753. The van der Waals surface area contributed by atoms with Crippen LogP contribution in [0.25, 0.3) is 33.5 Å². The Morgan fingerprint density at radius 3 is 2.49 bits per heavy atom. The van der Waals surface area contributed by atoms with Crippen molar-refractivity contribution < 1.29 is 23.7 Å². The maximum absolute atomic E-state index is 6.60. The number of pyridine rings is 1. The van der Waals surface area contributed by atoms with Crippen molar-refractivity contribution in [1.29, 1.82) is 0 Å². The first-order valence-corrected chi connectivity index (χ1v) is 11.8. The molecule has 35 heavy (non-hydrogen) atoms. The fourth-order valence-corrected chi connectivity index (χ4v) is 4.93. The number of nitrogens with zero attached hydrogens (tertiary/aromatic N) is 2. The van der Waals surface area contributed by atoms with Gasteiger partial charge < -0.3 is 28.7 Å². The summed E-state index contributed by atoms with van der Waals surface area (Å²) in [5, 5.41) is 0.523. The number of ether oxygens (including phenoxy) is 5. The zero-order valence-corrected chi connectivity index (χ0v) is 20.0. The molecule has 0 bridgehead atoms. The standard InChI is InChI=1S/C26H24ClN3O5/c1-31-19-8-7-16(11-21(19)32-2)14-3-5-15(6-4-14)23-17(27)12-18-25(29-23)30-26(28-18)35-22-13-34-20-9-10-33-24(20)22/h3-8,11-12,20,22,24H,9-10,13H2,1-2H3,(H,28,29,30)/t20-,22?,24+/m1/s1. The van der Waals surface area contributed by atoms with Crippen molar-refractivity contribution in [3.8, 4) is 39.9 Å². The van der Waals surface area contributed by atoms with Gasteiger partial charge >= 0.3 is 0 Å². The molecular formula is C26H24ClN3O5. The third-order valence-electron chi connectivity index (χ3n) is 6.46. The highest BCUT2D eigenvalue weighted by molar-refractivity contribution is 6.33. The predicted octanol–water partition coefficient (Wildman–Crippen LogP) is 4.90. The normalized spacial score (nSPS) is 21.3. The highest BCUT2D eigenvalue weighted by atomic mass is 35.5. The molecule has 9 heteroatoms. The molecule has 8 nitrogen and oxygen atoms in total. The molecule has 1 N–H and O–H groups in total. The zero-order chi connectivity index (χ0) is 23.9. The third-order valence-corrected chi connectivity index (χ3v) is 6.75. The Hall–Kier alpha value is -3.33. The molecule has 3 atom stereocenters. The summed E-state index contributed by atoms with van der Waals surface area (Å²) in [4.78, 5) is 12.4. The van der Waals surface area contributed by atoms with Crippen LogP contribution >= 0.6 is 11.6 Å². The van der Waals surface area contributed by atoms with E-state index in [1.165, 1.54) is 0 Å². The summed E-state index contributed by atoms with van der Waals surface area (Å²) < 4.78 is 28.3. The van der Waals surface area contributed by atoms with E-state index in [-0.39, 0.29) is 18.3 Å². The summed E-state index contributed by atoms with van der Waals surface area (Å²) in [6.45, 7) is 1.18. The minimum atomic E-state index is -0.192. The van der Waals surface area contributed by atoms with Gasteiger partial charge in [0.05, 0.1) is 43.2 Å². The summed E-state index contributed by atoms with van der Waals surface area (Å²) in [5.41, 5.74) is 4.83. The Morgan fingerprint density at radius 1 is 0.914 bits per heavy atom. The van der Waals surface area contributed by atoms with Gasteiger partial charge in [-0.3, -0.25) is 0 Å². The molecule has 1 unspecified atom stereocenters. The van der Waals surface area contributed by atoms with Crippen molar-refractivity contribution in [2.75, 3.05) is 27.4 Å². The molecule has 4 heterocycles. The number of aromatic amines is 1. The van der Waals surface area contributed by atoms with Crippen LogP contribution in [0.2, 0.25) is 5.02 Å². The number of H-pyrrole nitrogens is 1. The Labute approximate surface area is 207 Å². The van der Waals surface area contributed by atoms with Crippen molar-refractivity contribution in [1.82, 2.24) is 15.0 Å². The lowest BCUT2D eigenvalue weighted by Crippen LogP contribution is -2.32. The number of methoxy groups -OCH3 is 2. The Bertz CT molecular complexity index is 1370. The van der Waals surface area contributed by atoms with Gasteiger partial charge in [0.2, 0.25) is 0 Å². The molecule has 0 spiro atoms. The van der Waals surface area contributed by atoms with Crippen LogP contribution in [0.3, 0.4) is 0 Å². The molecule has 2 aromatic carbocycles. The summed E-state index contributed by atoms with van der Waals surface area (Å²) in [6, 6.07) is 16.1. The lowest BCUT2D eigenvalue weighted by Gasteiger charge is -2.15. The van der Waals surface area contributed by atoms with Crippen molar-refractivity contribution in [3.05, 3.63) is 53.6 Å². The van der Waals surface area contributed by atoms with Crippen LogP contribution < -0.4 is 14.2 Å². The van der Waals surface area contributed by atoms with Gasteiger partial charge in [-0.25, -0.2) is 4.98 Å². The van der Waals surface area contributed by atoms with E-state index in [9.17, 15) is 0 Å². The van der Waals surface area contributed by atoms with Crippen LogP contribution in [0.5, 0.6) is 17.5 Å². The first-order chi connectivity index (χ1) is 17.1. The van der Waals surface area contributed by atoms with Crippen molar-refractivity contribution in [2.45, 2.75) is 24.7 Å². The molecule has 6 rings (SSSR count). The van der Waals surface area contributed by atoms with E-state index in [4.69, 9.17) is 40.3 Å². The number of hydrogen-bond donors (Lipinski definition) is 1. The third kappa shape index (κ3) is 4.07. The second-order valence-electron chi connectivity index (χ2n) is 8.53. The van der Waals surface area contributed by atoms with Crippen LogP contribution in [-0.2, 0) is 9.47 Å². The number of fused-ring (bicyclic) bond motifs is 2. The highest BCUT2D eigenvalue weighted by Gasteiger charge is 2.43. The molecule has 2 aromatic heterocycles. The predicted molar refractivity (Wildman–Crippen MR) is 131 cm³/mol. The molecule has 2 saturated heterocycles. The zero-order valence-electron chi connectivity index (χ0n) is 19.3. The van der Waals surface area contributed by atoms with Gasteiger partial charge in [-0.2, -0.15) is 4.98 Å². The fourth-order valence-electron chi connectivity index (χ4n) is 4.66. The highest BCUT2D eigenvalue weighted by Crippen LogP contribution is 2.35. The van der Waals surface area contributed by atoms with Crippen LogP contribution in [0, 0.1) is 0 Å². The first-order valence-electron chi connectivity index (χ1n) is 11.4. The minimum Gasteiger partial charge on any atom is -0.493 e. The number of imidazole rings is 1. The second-order valence-corrected chi connectivity index (χ2v) is 8.94. The van der Waals surface area contributed by atoms with Crippen LogP contribution in [-0.4, -0.2) is 60.7 Å². The SMILES string of the molecule is COc1ccc(-c2ccc(-c3nc4nc(OC5CO[C@@H]6CCO[C@H]56)[nH]c4cc3Cl)cc2)cc1OC. The number of aromatic nitrogens is 3. The van der Waals surface area contributed by atoms with Crippen LogP contribution in [0.1, 0.15) is 6.42 Å². The van der Waals surface area contributed by atoms with Gasteiger partial charge in [0.1, 0.15) is 6.10 Å². The van der Waals surface area contributed by atoms with Crippen molar-refractivity contribution >= 4 is 22.8 Å². The second kappa shape index (κ2) is 9.03. The molecule has 4 aromatic rings. The minimum absolute atomic E-state index is 0.0560. The van der Waals surface area contributed by atoms with E-state index in [0.29, 0.717) is 52.6 Å². The van der Waals surface area contributed by atoms with E-state index in [2.05, 4.69) is 9.97 Å². The van der Waals surface area contributed by atoms with E-state index in [1.54, 1.807) is 14.2 Å². The molecule has 2 fully saturated rings. The number of halogens is 1. The number of benzene rings is 2. The lowest BCUT2D eigenvalue weighted by atomic mass is 10.0. The topological polar surface area (TPSA) is 87.7 Å². The van der Waals surface area contributed by atoms with Crippen molar-refractivity contribution in [2.24, 2.45) is 0 Å². The van der Waals surface area contributed by atoms with Crippen molar-refractivity contribution in [3.63, 3.8) is 0 Å². The average molecular weight is 494 g/mol. The van der Waals surface area contributed by atoms with E-state index in [1.807, 2.05) is 48.5 Å². The van der Waals surface area contributed by atoms with Gasteiger partial charge in [0.25, 0.3) is 6.01 Å². The average Bonchev–Trinajstić information content (AvgIpc) is 3.60. The fraction of sp³-hybridized carbons (Fsp3) is 0.308. The van der Waals surface area contributed by atoms with Gasteiger partial charge in [-0.15, -0.1) is 0 Å². The van der Waals surface area contributed by atoms with Gasteiger partial charge in [-0.05, 0) is 35.7 Å². The van der Waals surface area contributed by atoms with Crippen LogP contribution in [0.4, 0.5) is 0 Å². The summed E-state index contributed by atoms with van der Waals surface area (Å²) in [5.74, 6) is 1.37. The maximum Gasteiger partial charge on any atom is 0.296 e. The molecule has 0 amide bonds. The molecule has 2 aliphatic heterocycles. The molecule has 2 aliphatic rings. The quantitative estimate of drug-likeness (QED) is 0.409. The first kappa shape index (κ1) is 22.2. The number of rotatable bonds is 6. The van der Waals surface area contributed by atoms with Crippen LogP contribution in [0.15, 0.2) is 48.5 Å². The van der Waals surface area contributed by atoms with E-state index in [0.717, 1.165) is 23.1 Å². The number of hydrogen-bond acceptors (Lipinski definition) is 7. The molecule has 0 aliphatic carbocycles. The largest absolute Gasteiger partial charge is 0.493 e. The van der Waals surface area contributed by atoms with Gasteiger partial charge in [-0.1, -0.05) is 41.9 Å². The van der Waals surface area contributed by atoms with Gasteiger partial charge in [0, 0.05) is 12.2 Å². The lowest BCUT2D eigenvalue weighted by molar-refractivity contribution is 0.0273. The summed E-state index contributed by atoms with van der Waals surface area (Å²) in [7, 11) is 3.25. The Morgan fingerprint density at radius 2 is 1.69 bits per heavy atom. The van der Waals surface area contributed by atoms with E-state index < -0.39 is 0 Å². The molecule has 180 valence electrons. The summed E-state index contributed by atoms with van der Waals surface area (Å²) >= 11 is 6.60. The Balaban J connectivity index is 1.25. The maximum atomic E-state index is 6.60. The molecule has 0 radical (unpaired) electrons. The Kier molecular flexibility index (Phi) is 5.72. The molecule has 0 saturated carbocycles. The number of nitrogens with one attached hydrogen (secondary N) is 1. The van der Waals surface area contributed by atoms with E-state index >= 15 is 0 Å². The van der Waals surface area contributed by atoms with Gasteiger partial charge in [0.15, 0.2) is 23.3 Å². The smallest absolute Gasteiger partial charge is 0.296 e. The molecular weight excluding hydrogens is 470 g/mol.